The minimum absolute atomic E-state index is 0.0163. The van der Waals surface area contributed by atoms with Crippen molar-refractivity contribution >= 4 is 28.5 Å². The Morgan fingerprint density at radius 2 is 2.15 bits per heavy atom. The third kappa shape index (κ3) is 2.31. The fraction of sp³-hybridized carbons (Fsp3) is 0.444. The summed E-state index contributed by atoms with van der Waals surface area (Å²) in [5, 5.41) is 20.7. The first kappa shape index (κ1) is 16.4. The number of nitrogens with one attached hydrogen (secondary N) is 2. The molecule has 4 heterocycles. The summed E-state index contributed by atoms with van der Waals surface area (Å²) in [7, 11) is 0. The third-order valence-corrected chi connectivity index (χ3v) is 5.82. The lowest BCUT2D eigenvalue weighted by Gasteiger charge is -2.38. The molecule has 3 N–H and O–H groups in total. The Labute approximate surface area is 153 Å². The highest BCUT2D eigenvalue weighted by Crippen LogP contribution is 2.38. The first-order chi connectivity index (χ1) is 12.9. The van der Waals surface area contributed by atoms with Gasteiger partial charge in [0, 0.05) is 37.6 Å². The highest BCUT2D eigenvalue weighted by Gasteiger charge is 2.48. The first-order valence-corrected chi connectivity index (χ1v) is 8.92. The molecule has 27 heavy (non-hydrogen) atoms. The number of aromatic nitrogens is 2. The molecule has 1 saturated carbocycles. The summed E-state index contributed by atoms with van der Waals surface area (Å²) in [5.41, 5.74) is -0.481. The zero-order valence-electron chi connectivity index (χ0n) is 14.5. The largest absolute Gasteiger partial charge is 0.477 e. The Morgan fingerprint density at radius 1 is 1.41 bits per heavy atom. The van der Waals surface area contributed by atoms with Crippen molar-refractivity contribution in [3.8, 4) is 0 Å². The summed E-state index contributed by atoms with van der Waals surface area (Å²) in [6.07, 6.45) is 3.06. The van der Waals surface area contributed by atoms with E-state index in [1.807, 2.05) is 0 Å². The Hall–Kier alpha value is -2.81. The van der Waals surface area contributed by atoms with Crippen molar-refractivity contribution in [3.63, 3.8) is 0 Å². The van der Waals surface area contributed by atoms with Gasteiger partial charge >= 0.3 is 5.97 Å². The fourth-order valence-corrected chi connectivity index (χ4v) is 4.02. The van der Waals surface area contributed by atoms with Gasteiger partial charge in [-0.15, -0.1) is 0 Å². The van der Waals surface area contributed by atoms with Gasteiger partial charge in [0.15, 0.2) is 11.6 Å². The minimum atomic E-state index is -1.33. The number of halogens is 1. The topological polar surface area (TPSA) is 111 Å². The Bertz CT molecular complexity index is 1070. The number of nitrogens with zero attached hydrogens (tertiary/aromatic N) is 3. The zero-order valence-corrected chi connectivity index (χ0v) is 14.5. The predicted octanol–water partition coefficient (Wildman–Crippen LogP) is 0.998. The maximum absolute atomic E-state index is 14.8. The molecule has 0 radical (unpaired) electrons. The predicted molar refractivity (Wildman–Crippen MR) is 96.4 cm³/mol. The van der Waals surface area contributed by atoms with Crippen LogP contribution in [0, 0.1) is 16.6 Å². The molecule has 0 aromatic carbocycles. The number of carboxylic acids is 1. The molecule has 0 atom stereocenters. The van der Waals surface area contributed by atoms with E-state index in [9.17, 15) is 19.1 Å². The van der Waals surface area contributed by atoms with Gasteiger partial charge in [0.25, 0.3) is 0 Å². The second kappa shape index (κ2) is 5.35. The molecule has 3 aliphatic rings. The van der Waals surface area contributed by atoms with Crippen molar-refractivity contribution in [2.45, 2.75) is 18.9 Å². The van der Waals surface area contributed by atoms with Crippen LogP contribution in [0.4, 0.5) is 10.2 Å². The highest BCUT2D eigenvalue weighted by molar-refractivity contribution is 5.97. The molecule has 2 aliphatic heterocycles. The van der Waals surface area contributed by atoms with Crippen LogP contribution in [0.1, 0.15) is 29.2 Å². The number of pyridine rings is 2. The molecule has 2 saturated heterocycles. The lowest BCUT2D eigenvalue weighted by molar-refractivity contribution is 0.0695. The molecule has 2 aromatic rings. The molecule has 0 bridgehead atoms. The van der Waals surface area contributed by atoms with Crippen LogP contribution in [0.15, 0.2) is 17.1 Å². The normalized spacial score (nSPS) is 21.1. The summed E-state index contributed by atoms with van der Waals surface area (Å²) < 4.78 is 16.5. The molecular weight excluding hydrogens is 353 g/mol. The van der Waals surface area contributed by atoms with Gasteiger partial charge in [-0.1, -0.05) is 0 Å². The summed E-state index contributed by atoms with van der Waals surface area (Å²) in [6.45, 7) is 2.21. The Morgan fingerprint density at radius 3 is 2.70 bits per heavy atom. The van der Waals surface area contributed by atoms with Crippen LogP contribution in [0.3, 0.4) is 0 Å². The van der Waals surface area contributed by atoms with Crippen molar-refractivity contribution in [2.24, 2.45) is 5.41 Å². The van der Waals surface area contributed by atoms with Gasteiger partial charge in [-0.25, -0.2) is 14.2 Å². The molecule has 0 amide bonds. The second-order valence-electron chi connectivity index (χ2n) is 7.70. The molecule has 0 unspecified atom stereocenters. The van der Waals surface area contributed by atoms with E-state index in [4.69, 9.17) is 5.41 Å². The minimum Gasteiger partial charge on any atom is -0.477 e. The molecule has 9 heteroatoms. The number of hydrogen-bond donors (Lipinski definition) is 3. The van der Waals surface area contributed by atoms with Crippen LogP contribution >= 0.6 is 0 Å². The number of aromatic carboxylic acids is 1. The van der Waals surface area contributed by atoms with Crippen molar-refractivity contribution in [3.05, 3.63) is 33.9 Å². The summed E-state index contributed by atoms with van der Waals surface area (Å²) in [5.74, 6) is -1.87. The van der Waals surface area contributed by atoms with Gasteiger partial charge in [0.05, 0.1) is 17.3 Å². The average Bonchev–Trinajstić information content (AvgIpc) is 3.36. The number of hydrogen-bond acceptors (Lipinski definition) is 6. The van der Waals surface area contributed by atoms with Crippen molar-refractivity contribution in [2.75, 3.05) is 31.1 Å². The van der Waals surface area contributed by atoms with Gasteiger partial charge in [-0.05, 0) is 18.9 Å². The maximum atomic E-state index is 14.8. The summed E-state index contributed by atoms with van der Waals surface area (Å²) in [6, 6.07) is 1.18. The van der Waals surface area contributed by atoms with E-state index >= 15 is 0 Å². The molecule has 2 aromatic heterocycles. The molecule has 5 rings (SSSR count). The van der Waals surface area contributed by atoms with Gasteiger partial charge in [-0.2, -0.15) is 0 Å². The van der Waals surface area contributed by atoms with Gasteiger partial charge < -0.3 is 25.3 Å². The molecule has 1 spiro atoms. The van der Waals surface area contributed by atoms with Gasteiger partial charge in [-0.3, -0.25) is 4.79 Å². The summed E-state index contributed by atoms with van der Waals surface area (Å²) >= 11 is 0. The molecule has 8 nitrogen and oxygen atoms in total. The number of anilines is 1. The van der Waals surface area contributed by atoms with Gasteiger partial charge in [0.2, 0.25) is 5.43 Å². The van der Waals surface area contributed by atoms with Crippen LogP contribution in [0.25, 0.3) is 11.0 Å². The molecule has 3 fully saturated rings. The lowest BCUT2D eigenvalue weighted by Crippen LogP contribution is -2.58. The van der Waals surface area contributed by atoms with Crippen LogP contribution in [0.2, 0.25) is 0 Å². The van der Waals surface area contributed by atoms with Crippen molar-refractivity contribution < 1.29 is 14.3 Å². The van der Waals surface area contributed by atoms with E-state index in [0.29, 0.717) is 37.5 Å². The van der Waals surface area contributed by atoms with Gasteiger partial charge in [0.1, 0.15) is 11.2 Å². The van der Waals surface area contributed by atoms with Crippen molar-refractivity contribution in [1.82, 2.24) is 14.9 Å². The standard InChI is InChI=1S/C18H18FN5O3/c19-12-3-10-14(25)11(17(26)27)4-24(9-1-2-9)15(10)22-16(12)23-5-13(20)18(8-23)6-21-7-18/h3-4,9,20-21H,1-2,5-8H2,(H,26,27). The van der Waals surface area contributed by atoms with Crippen LogP contribution in [-0.2, 0) is 0 Å². The number of carbonyl (C=O) groups is 1. The van der Waals surface area contributed by atoms with E-state index in [-0.39, 0.29) is 28.2 Å². The van der Waals surface area contributed by atoms with E-state index < -0.39 is 17.2 Å². The zero-order chi connectivity index (χ0) is 18.9. The average molecular weight is 371 g/mol. The second-order valence-corrected chi connectivity index (χ2v) is 7.70. The smallest absolute Gasteiger partial charge is 0.341 e. The van der Waals surface area contributed by atoms with Crippen LogP contribution in [-0.4, -0.2) is 52.5 Å². The molecule has 140 valence electrons. The van der Waals surface area contributed by atoms with E-state index in [1.165, 1.54) is 6.20 Å². The number of rotatable bonds is 3. The van der Waals surface area contributed by atoms with E-state index in [1.54, 1.807) is 9.47 Å². The number of fused-ring (bicyclic) bond motifs is 1. The summed E-state index contributed by atoms with van der Waals surface area (Å²) in [4.78, 5) is 30.1. The van der Waals surface area contributed by atoms with Crippen LogP contribution in [0.5, 0.6) is 0 Å². The third-order valence-electron chi connectivity index (χ3n) is 5.82. The molecule has 1 aliphatic carbocycles. The van der Waals surface area contributed by atoms with E-state index in [2.05, 4.69) is 10.3 Å². The van der Waals surface area contributed by atoms with Crippen molar-refractivity contribution in [1.29, 1.82) is 5.41 Å². The molecular formula is C18H18FN5O3. The SMILES string of the molecule is N=C1CN(c2nc3c(cc2F)c(=O)c(C(=O)O)cn3C2CC2)CC12CNC2. The van der Waals surface area contributed by atoms with E-state index in [0.717, 1.165) is 18.9 Å². The van der Waals surface area contributed by atoms with Crippen LogP contribution < -0.4 is 15.6 Å². The fourth-order valence-electron chi connectivity index (χ4n) is 4.02. The lowest BCUT2D eigenvalue weighted by atomic mass is 9.79. The highest BCUT2D eigenvalue weighted by atomic mass is 19.1. The number of carboxylic acid groups (broad SMARTS) is 1. The Balaban J connectivity index is 1.67. The first-order valence-electron chi connectivity index (χ1n) is 8.92. The monoisotopic (exact) mass is 371 g/mol. The quantitative estimate of drug-likeness (QED) is 0.742. The maximum Gasteiger partial charge on any atom is 0.341 e. The Kier molecular flexibility index (Phi) is 3.24.